The Kier molecular flexibility index (Phi) is 7.02. The van der Waals surface area contributed by atoms with Gasteiger partial charge in [0.2, 0.25) is 11.5 Å². The molecule has 1 amide bonds. The van der Waals surface area contributed by atoms with Crippen LogP contribution in [-0.2, 0) is 17.9 Å². The van der Waals surface area contributed by atoms with Gasteiger partial charge in [-0.3, -0.25) is 14.2 Å². The summed E-state index contributed by atoms with van der Waals surface area (Å²) >= 11 is 12.2. The van der Waals surface area contributed by atoms with E-state index in [0.29, 0.717) is 34.2 Å². The van der Waals surface area contributed by atoms with Gasteiger partial charge in [0.15, 0.2) is 0 Å². The maximum Gasteiger partial charge on any atom is 0.297 e. The van der Waals surface area contributed by atoms with Crippen molar-refractivity contribution < 1.29 is 9.21 Å². The highest BCUT2D eigenvalue weighted by Gasteiger charge is 2.19. The molecule has 0 saturated carbocycles. The van der Waals surface area contributed by atoms with Crippen LogP contribution in [0.4, 0.5) is 0 Å². The van der Waals surface area contributed by atoms with Crippen LogP contribution < -0.4 is 5.56 Å². The zero-order chi connectivity index (χ0) is 23.5. The molecule has 7 nitrogen and oxygen atoms in total. The molecule has 4 aromatic rings. The van der Waals surface area contributed by atoms with Crippen molar-refractivity contribution in [3.63, 3.8) is 0 Å². The maximum atomic E-state index is 13.2. The fraction of sp³-hybridized carbons (Fsp3) is 0.292. The highest BCUT2D eigenvalue weighted by Crippen LogP contribution is 2.25. The first-order valence-corrected chi connectivity index (χ1v) is 11.3. The Balaban J connectivity index is 1.59. The molecular weight excluding hydrogens is 463 g/mol. The molecule has 33 heavy (non-hydrogen) atoms. The molecule has 0 aliphatic rings. The number of nitrogens with zero attached hydrogens (tertiary/aromatic N) is 4. The van der Waals surface area contributed by atoms with E-state index in [9.17, 15) is 9.59 Å². The lowest BCUT2D eigenvalue weighted by molar-refractivity contribution is -0.132. The van der Waals surface area contributed by atoms with Gasteiger partial charge in [-0.25, -0.2) is 4.98 Å². The minimum atomic E-state index is -0.382. The number of amides is 1. The Morgan fingerprint density at radius 2 is 1.88 bits per heavy atom. The van der Waals surface area contributed by atoms with Gasteiger partial charge in [0.05, 0.1) is 16.4 Å². The first kappa shape index (κ1) is 23.3. The number of hydrogen-bond acceptors (Lipinski definition) is 5. The number of hydrogen-bond donors (Lipinski definition) is 0. The second kappa shape index (κ2) is 9.95. The summed E-state index contributed by atoms with van der Waals surface area (Å²) in [4.78, 5) is 34.4. The Morgan fingerprint density at radius 1 is 1.09 bits per heavy atom. The molecule has 172 valence electrons. The number of carbonyl (C=O) groups excluding carboxylic acids is 1. The molecule has 2 aromatic carbocycles. The molecule has 0 unspecified atom stereocenters. The standard InChI is InChI=1S/C24H24Cl2N4O3/c1-28(2)10-5-11-29(13-16-8-9-18(25)19(26)12-16)21(31)14-30-15-27-22-17-6-3-4-7-20(17)33-23(22)24(30)32/h3-4,6-9,12,15H,5,10-11,13-14H2,1-2H3. The van der Waals surface area contributed by atoms with Gasteiger partial charge in [0.1, 0.15) is 17.6 Å². The molecule has 9 heteroatoms. The molecule has 2 aromatic heterocycles. The summed E-state index contributed by atoms with van der Waals surface area (Å²) in [5, 5.41) is 1.67. The van der Waals surface area contributed by atoms with Gasteiger partial charge in [-0.15, -0.1) is 0 Å². The largest absolute Gasteiger partial charge is 0.448 e. The molecule has 0 fully saturated rings. The summed E-state index contributed by atoms with van der Waals surface area (Å²) in [6.45, 7) is 1.59. The van der Waals surface area contributed by atoms with Gasteiger partial charge < -0.3 is 14.2 Å². The Morgan fingerprint density at radius 3 is 2.64 bits per heavy atom. The van der Waals surface area contributed by atoms with Gasteiger partial charge >= 0.3 is 0 Å². The van der Waals surface area contributed by atoms with Crippen molar-refractivity contribution in [1.29, 1.82) is 0 Å². The summed E-state index contributed by atoms with van der Waals surface area (Å²) in [6, 6.07) is 12.6. The number of para-hydroxylation sites is 1. The van der Waals surface area contributed by atoms with Crippen LogP contribution in [0.2, 0.25) is 10.0 Å². The van der Waals surface area contributed by atoms with Gasteiger partial charge in [0.25, 0.3) is 5.56 Å². The molecule has 2 heterocycles. The van der Waals surface area contributed by atoms with E-state index in [0.717, 1.165) is 23.9 Å². The van der Waals surface area contributed by atoms with E-state index < -0.39 is 0 Å². The number of halogens is 2. The number of carbonyl (C=O) groups is 1. The maximum absolute atomic E-state index is 13.2. The second-order valence-electron chi connectivity index (χ2n) is 8.17. The van der Waals surface area contributed by atoms with E-state index in [-0.39, 0.29) is 23.6 Å². The normalized spacial score (nSPS) is 11.5. The molecule has 0 atom stereocenters. The first-order valence-electron chi connectivity index (χ1n) is 10.6. The van der Waals surface area contributed by atoms with E-state index in [2.05, 4.69) is 9.88 Å². The highest BCUT2D eigenvalue weighted by molar-refractivity contribution is 6.42. The van der Waals surface area contributed by atoms with Gasteiger partial charge in [-0.1, -0.05) is 41.4 Å². The Hall–Kier alpha value is -2.87. The summed E-state index contributed by atoms with van der Waals surface area (Å²) in [5.74, 6) is -0.195. The minimum absolute atomic E-state index is 0.137. The summed E-state index contributed by atoms with van der Waals surface area (Å²) in [7, 11) is 3.97. The van der Waals surface area contributed by atoms with Crippen LogP contribution >= 0.6 is 23.2 Å². The zero-order valence-corrected chi connectivity index (χ0v) is 19.9. The van der Waals surface area contributed by atoms with Crippen LogP contribution in [0.1, 0.15) is 12.0 Å². The summed E-state index contributed by atoms with van der Waals surface area (Å²) in [6.07, 6.45) is 2.19. The third kappa shape index (κ3) is 5.21. The first-order chi connectivity index (χ1) is 15.8. The van der Waals surface area contributed by atoms with E-state index in [1.165, 1.54) is 10.9 Å². The molecule has 0 saturated heterocycles. The number of furan rings is 1. The summed E-state index contributed by atoms with van der Waals surface area (Å²) in [5.41, 5.74) is 1.72. The SMILES string of the molecule is CN(C)CCCN(Cc1ccc(Cl)c(Cl)c1)C(=O)Cn1cnc2c(oc3ccccc32)c1=O. The number of rotatable bonds is 8. The lowest BCUT2D eigenvalue weighted by Gasteiger charge is -2.24. The predicted octanol–water partition coefficient (Wildman–Crippen LogP) is 4.43. The number of benzene rings is 2. The van der Waals surface area contributed by atoms with Crippen molar-refractivity contribution in [2.24, 2.45) is 0 Å². The molecule has 0 radical (unpaired) electrons. The fourth-order valence-corrected chi connectivity index (χ4v) is 4.02. The Labute approximate surface area is 201 Å². The number of aromatic nitrogens is 2. The highest BCUT2D eigenvalue weighted by atomic mass is 35.5. The van der Waals surface area contributed by atoms with Crippen molar-refractivity contribution in [2.45, 2.75) is 19.5 Å². The minimum Gasteiger partial charge on any atom is -0.448 e. The van der Waals surface area contributed by atoms with Crippen molar-refractivity contribution >= 4 is 51.2 Å². The number of fused-ring (bicyclic) bond motifs is 3. The molecular formula is C24H24Cl2N4O3. The van der Waals surface area contributed by atoms with Crippen molar-refractivity contribution in [3.05, 3.63) is 74.8 Å². The van der Waals surface area contributed by atoms with E-state index >= 15 is 0 Å². The lowest BCUT2D eigenvalue weighted by Crippen LogP contribution is -2.37. The van der Waals surface area contributed by atoms with Crippen LogP contribution in [0.15, 0.2) is 58.0 Å². The molecule has 0 bridgehead atoms. The monoisotopic (exact) mass is 486 g/mol. The quantitative estimate of drug-likeness (QED) is 0.368. The molecule has 0 N–H and O–H groups in total. The van der Waals surface area contributed by atoms with E-state index in [4.69, 9.17) is 27.6 Å². The van der Waals surface area contributed by atoms with E-state index in [1.807, 2.05) is 38.4 Å². The van der Waals surface area contributed by atoms with Gasteiger partial charge in [-0.05, 0) is 56.9 Å². The molecule has 4 rings (SSSR count). The third-order valence-electron chi connectivity index (χ3n) is 5.40. The Bertz CT molecular complexity index is 1360. The lowest BCUT2D eigenvalue weighted by atomic mass is 10.2. The fourth-order valence-electron chi connectivity index (χ4n) is 3.70. The predicted molar refractivity (Wildman–Crippen MR) is 131 cm³/mol. The van der Waals surface area contributed by atoms with Crippen LogP contribution in [-0.4, -0.2) is 52.4 Å². The van der Waals surface area contributed by atoms with Crippen molar-refractivity contribution in [3.8, 4) is 0 Å². The smallest absolute Gasteiger partial charge is 0.297 e. The molecule has 0 aliphatic carbocycles. The average molecular weight is 487 g/mol. The van der Waals surface area contributed by atoms with Crippen LogP contribution in [0, 0.1) is 0 Å². The van der Waals surface area contributed by atoms with Crippen molar-refractivity contribution in [2.75, 3.05) is 27.2 Å². The molecule has 0 spiro atoms. The van der Waals surface area contributed by atoms with Crippen LogP contribution in [0.3, 0.4) is 0 Å². The van der Waals surface area contributed by atoms with Gasteiger partial charge in [-0.2, -0.15) is 0 Å². The van der Waals surface area contributed by atoms with Gasteiger partial charge in [0, 0.05) is 18.5 Å². The second-order valence-corrected chi connectivity index (χ2v) is 8.99. The third-order valence-corrected chi connectivity index (χ3v) is 6.14. The van der Waals surface area contributed by atoms with Crippen LogP contribution in [0.25, 0.3) is 22.1 Å². The van der Waals surface area contributed by atoms with Crippen molar-refractivity contribution in [1.82, 2.24) is 19.4 Å². The van der Waals surface area contributed by atoms with Crippen LogP contribution in [0.5, 0.6) is 0 Å². The summed E-state index contributed by atoms with van der Waals surface area (Å²) < 4.78 is 7.02. The van der Waals surface area contributed by atoms with E-state index in [1.54, 1.807) is 23.1 Å². The topological polar surface area (TPSA) is 71.6 Å². The zero-order valence-electron chi connectivity index (χ0n) is 18.4. The average Bonchev–Trinajstić information content (AvgIpc) is 3.17. The molecule has 0 aliphatic heterocycles.